The van der Waals surface area contributed by atoms with Crippen LogP contribution in [-0.2, 0) is 0 Å². The lowest BCUT2D eigenvalue weighted by atomic mass is 9.95. The molecule has 0 aliphatic carbocycles. The molecule has 0 atom stereocenters. The Morgan fingerprint density at radius 1 is 1.31 bits per heavy atom. The summed E-state index contributed by atoms with van der Waals surface area (Å²) in [6.07, 6.45) is 0. The van der Waals surface area contributed by atoms with Crippen molar-refractivity contribution in [3.8, 4) is 0 Å². The Morgan fingerprint density at radius 2 is 2.00 bits per heavy atom. The standard InChI is InChI=1S/C13H21NOS/c1-4-16-12-8-6-5-7-11(12)14-9-13(2,3)10-15/h5-8,14-15H,4,9-10H2,1-3H3. The van der Waals surface area contributed by atoms with Crippen molar-refractivity contribution < 1.29 is 5.11 Å². The first-order valence-electron chi connectivity index (χ1n) is 5.65. The number of aliphatic hydroxyl groups excluding tert-OH is 1. The molecule has 1 aromatic carbocycles. The second kappa shape index (κ2) is 6.16. The highest BCUT2D eigenvalue weighted by Crippen LogP contribution is 2.27. The SMILES string of the molecule is CCSc1ccccc1NCC(C)(C)CO. The maximum Gasteiger partial charge on any atom is 0.0498 e. The fourth-order valence-electron chi connectivity index (χ4n) is 1.28. The van der Waals surface area contributed by atoms with Gasteiger partial charge >= 0.3 is 0 Å². The summed E-state index contributed by atoms with van der Waals surface area (Å²) in [4.78, 5) is 1.28. The summed E-state index contributed by atoms with van der Waals surface area (Å²) in [5.41, 5.74) is 1.08. The van der Waals surface area contributed by atoms with E-state index in [1.54, 1.807) is 0 Å². The highest BCUT2D eigenvalue weighted by Gasteiger charge is 2.16. The van der Waals surface area contributed by atoms with Crippen molar-refractivity contribution in [1.82, 2.24) is 0 Å². The molecule has 90 valence electrons. The Bertz CT molecular complexity index is 325. The van der Waals surface area contributed by atoms with Crippen molar-refractivity contribution in [1.29, 1.82) is 0 Å². The summed E-state index contributed by atoms with van der Waals surface area (Å²) in [6, 6.07) is 8.31. The van der Waals surface area contributed by atoms with Crippen molar-refractivity contribution >= 4 is 17.4 Å². The average Bonchev–Trinajstić information content (AvgIpc) is 2.28. The third-order valence-electron chi connectivity index (χ3n) is 2.37. The Kier molecular flexibility index (Phi) is 5.16. The first-order chi connectivity index (χ1) is 7.59. The highest BCUT2D eigenvalue weighted by molar-refractivity contribution is 7.99. The van der Waals surface area contributed by atoms with Gasteiger partial charge in [-0.05, 0) is 17.9 Å². The van der Waals surface area contributed by atoms with Gasteiger partial charge in [-0.1, -0.05) is 32.9 Å². The Morgan fingerprint density at radius 3 is 2.62 bits per heavy atom. The molecule has 0 aromatic heterocycles. The zero-order valence-electron chi connectivity index (χ0n) is 10.3. The number of anilines is 1. The molecule has 0 saturated heterocycles. The minimum Gasteiger partial charge on any atom is -0.396 e. The molecule has 2 nitrogen and oxygen atoms in total. The number of thioether (sulfide) groups is 1. The van der Waals surface area contributed by atoms with Gasteiger partial charge in [0.05, 0.1) is 0 Å². The van der Waals surface area contributed by atoms with Gasteiger partial charge in [0.25, 0.3) is 0 Å². The van der Waals surface area contributed by atoms with Crippen LogP contribution in [0, 0.1) is 5.41 Å². The minimum absolute atomic E-state index is 0.0794. The van der Waals surface area contributed by atoms with Gasteiger partial charge in [0.1, 0.15) is 0 Å². The summed E-state index contributed by atoms with van der Waals surface area (Å²) in [6.45, 7) is 7.23. The fraction of sp³-hybridized carbons (Fsp3) is 0.538. The van der Waals surface area contributed by atoms with E-state index in [2.05, 4.69) is 44.3 Å². The van der Waals surface area contributed by atoms with Crippen LogP contribution in [0.5, 0.6) is 0 Å². The van der Waals surface area contributed by atoms with Crippen LogP contribution in [0.25, 0.3) is 0 Å². The van der Waals surface area contributed by atoms with Gasteiger partial charge in [-0.3, -0.25) is 0 Å². The molecule has 16 heavy (non-hydrogen) atoms. The summed E-state index contributed by atoms with van der Waals surface area (Å²) >= 11 is 1.84. The van der Waals surface area contributed by atoms with Gasteiger partial charge in [0, 0.05) is 29.1 Å². The fourth-order valence-corrected chi connectivity index (χ4v) is 2.07. The highest BCUT2D eigenvalue weighted by atomic mass is 32.2. The minimum atomic E-state index is -0.0794. The van der Waals surface area contributed by atoms with Crippen molar-refractivity contribution in [3.63, 3.8) is 0 Å². The lowest BCUT2D eigenvalue weighted by Crippen LogP contribution is -2.26. The van der Waals surface area contributed by atoms with E-state index in [4.69, 9.17) is 0 Å². The van der Waals surface area contributed by atoms with Gasteiger partial charge in [0.2, 0.25) is 0 Å². The van der Waals surface area contributed by atoms with Crippen molar-refractivity contribution in [3.05, 3.63) is 24.3 Å². The van der Waals surface area contributed by atoms with Crippen LogP contribution < -0.4 is 5.32 Å². The Labute approximate surface area is 102 Å². The topological polar surface area (TPSA) is 32.3 Å². The van der Waals surface area contributed by atoms with E-state index >= 15 is 0 Å². The van der Waals surface area contributed by atoms with Gasteiger partial charge in [0.15, 0.2) is 0 Å². The molecule has 0 aliphatic rings. The predicted octanol–water partition coefficient (Wildman–Crippen LogP) is 3.23. The van der Waals surface area contributed by atoms with E-state index < -0.39 is 0 Å². The Hall–Kier alpha value is -0.670. The largest absolute Gasteiger partial charge is 0.396 e. The molecule has 3 heteroatoms. The molecule has 0 fully saturated rings. The third kappa shape index (κ3) is 4.06. The number of rotatable bonds is 6. The average molecular weight is 239 g/mol. The van der Waals surface area contributed by atoms with Crippen LogP contribution in [0.4, 0.5) is 5.69 Å². The molecule has 0 heterocycles. The van der Waals surface area contributed by atoms with Gasteiger partial charge < -0.3 is 10.4 Å². The second-order valence-electron chi connectivity index (χ2n) is 4.61. The maximum absolute atomic E-state index is 9.20. The number of aliphatic hydroxyl groups is 1. The van der Waals surface area contributed by atoms with Crippen LogP contribution in [0.15, 0.2) is 29.2 Å². The molecule has 0 aliphatic heterocycles. The molecule has 0 radical (unpaired) electrons. The molecule has 1 rings (SSSR count). The summed E-state index contributed by atoms with van der Waals surface area (Å²) in [7, 11) is 0. The van der Waals surface area contributed by atoms with Gasteiger partial charge in [-0.25, -0.2) is 0 Å². The monoisotopic (exact) mass is 239 g/mol. The van der Waals surface area contributed by atoms with Gasteiger partial charge in [-0.15, -0.1) is 11.8 Å². The van der Waals surface area contributed by atoms with E-state index in [1.807, 2.05) is 17.8 Å². The van der Waals surface area contributed by atoms with Gasteiger partial charge in [-0.2, -0.15) is 0 Å². The van der Waals surface area contributed by atoms with Crippen molar-refractivity contribution in [2.45, 2.75) is 25.7 Å². The molecule has 0 amide bonds. The van der Waals surface area contributed by atoms with E-state index in [0.717, 1.165) is 18.0 Å². The zero-order chi connectivity index (χ0) is 12.0. The van der Waals surface area contributed by atoms with E-state index in [-0.39, 0.29) is 12.0 Å². The van der Waals surface area contributed by atoms with E-state index in [0.29, 0.717) is 0 Å². The second-order valence-corrected chi connectivity index (χ2v) is 5.91. The number of para-hydroxylation sites is 1. The third-order valence-corrected chi connectivity index (χ3v) is 3.33. The smallest absolute Gasteiger partial charge is 0.0498 e. The first-order valence-corrected chi connectivity index (χ1v) is 6.64. The Balaban J connectivity index is 2.66. The number of nitrogens with one attached hydrogen (secondary N) is 1. The molecular formula is C13H21NOS. The molecule has 0 saturated carbocycles. The molecular weight excluding hydrogens is 218 g/mol. The number of benzene rings is 1. The van der Waals surface area contributed by atoms with Crippen molar-refractivity contribution in [2.75, 3.05) is 24.2 Å². The maximum atomic E-state index is 9.20. The van der Waals surface area contributed by atoms with Crippen LogP contribution >= 0.6 is 11.8 Å². The first kappa shape index (κ1) is 13.4. The summed E-state index contributed by atoms with van der Waals surface area (Å²) in [5.74, 6) is 1.07. The lowest BCUT2D eigenvalue weighted by molar-refractivity contribution is 0.171. The molecule has 0 bridgehead atoms. The normalized spacial score (nSPS) is 11.5. The van der Waals surface area contributed by atoms with Crippen molar-refractivity contribution in [2.24, 2.45) is 5.41 Å². The van der Waals surface area contributed by atoms with Crippen LogP contribution in [0.3, 0.4) is 0 Å². The number of hydrogen-bond donors (Lipinski definition) is 2. The molecule has 1 aromatic rings. The van der Waals surface area contributed by atoms with Crippen LogP contribution in [0.1, 0.15) is 20.8 Å². The molecule has 0 unspecified atom stereocenters. The molecule has 0 spiro atoms. The lowest BCUT2D eigenvalue weighted by Gasteiger charge is -2.23. The van der Waals surface area contributed by atoms with Crippen LogP contribution in [0.2, 0.25) is 0 Å². The molecule has 2 N–H and O–H groups in total. The summed E-state index contributed by atoms with van der Waals surface area (Å²) < 4.78 is 0. The predicted molar refractivity (Wildman–Crippen MR) is 72.2 cm³/mol. The summed E-state index contributed by atoms with van der Waals surface area (Å²) in [5, 5.41) is 12.6. The number of hydrogen-bond acceptors (Lipinski definition) is 3. The zero-order valence-corrected chi connectivity index (χ0v) is 11.1. The quantitative estimate of drug-likeness (QED) is 0.748. The van der Waals surface area contributed by atoms with E-state index in [9.17, 15) is 5.11 Å². The van der Waals surface area contributed by atoms with E-state index in [1.165, 1.54) is 4.90 Å². The van der Waals surface area contributed by atoms with Crippen LogP contribution in [-0.4, -0.2) is 24.0 Å².